The minimum absolute atomic E-state index is 0.0160. The van der Waals surface area contributed by atoms with E-state index >= 15 is 0 Å². The average molecular weight is 585 g/mol. The second-order valence-corrected chi connectivity index (χ2v) is 12.8. The Morgan fingerprint density at radius 3 is 2.48 bits per heavy atom. The van der Waals surface area contributed by atoms with Gasteiger partial charge in [-0.05, 0) is 86.8 Å². The van der Waals surface area contributed by atoms with Crippen LogP contribution in [-0.2, 0) is 11.4 Å². The number of fused-ring (bicyclic) bond motifs is 2. The fraction of sp³-hybridized carbons (Fsp3) is 0.455. The van der Waals surface area contributed by atoms with Crippen molar-refractivity contribution in [1.29, 1.82) is 5.26 Å². The van der Waals surface area contributed by atoms with E-state index in [4.69, 9.17) is 15.0 Å². The molecule has 1 N–H and O–H groups in total. The maximum absolute atomic E-state index is 13.0. The summed E-state index contributed by atoms with van der Waals surface area (Å²) in [5.41, 5.74) is 5.59. The molecule has 2 aliphatic heterocycles. The summed E-state index contributed by atoms with van der Waals surface area (Å²) in [5, 5.41) is 21.8. The first-order valence-corrected chi connectivity index (χ1v) is 15.6. The maximum atomic E-state index is 13.0. The Labute approximate surface area is 250 Å². The van der Waals surface area contributed by atoms with Crippen LogP contribution in [0.15, 0.2) is 41.8 Å². The second kappa shape index (κ2) is 11.8. The number of amides is 1. The number of hydrogen-bond acceptors (Lipinski definition) is 7. The van der Waals surface area contributed by atoms with Crippen molar-refractivity contribution < 1.29 is 19.4 Å². The van der Waals surface area contributed by atoms with E-state index in [0.29, 0.717) is 25.3 Å². The second-order valence-electron chi connectivity index (χ2n) is 12.0. The Morgan fingerprint density at radius 2 is 1.81 bits per heavy atom. The van der Waals surface area contributed by atoms with Crippen molar-refractivity contribution in [2.45, 2.75) is 46.1 Å². The predicted octanol–water partition coefficient (Wildman–Crippen LogP) is 5.93. The van der Waals surface area contributed by atoms with E-state index in [0.717, 1.165) is 77.6 Å². The molecule has 9 heteroatoms. The van der Waals surface area contributed by atoms with Gasteiger partial charge in [0.1, 0.15) is 12.4 Å². The van der Waals surface area contributed by atoms with Crippen LogP contribution in [-0.4, -0.2) is 53.0 Å². The molecule has 0 radical (unpaired) electrons. The molecule has 218 valence electrons. The summed E-state index contributed by atoms with van der Waals surface area (Å²) in [6.45, 7) is 7.15. The molecule has 3 fully saturated rings. The summed E-state index contributed by atoms with van der Waals surface area (Å²) in [6.07, 6.45) is 3.41. The summed E-state index contributed by atoms with van der Waals surface area (Å²) in [7, 11) is 0. The number of aliphatic carboxylic acids is 1. The third kappa shape index (κ3) is 5.60. The number of rotatable bonds is 7. The number of anilines is 1. The van der Waals surface area contributed by atoms with Gasteiger partial charge in [0, 0.05) is 48.6 Å². The van der Waals surface area contributed by atoms with Crippen molar-refractivity contribution in [2.24, 2.45) is 23.7 Å². The van der Waals surface area contributed by atoms with Gasteiger partial charge in [-0.15, -0.1) is 11.3 Å². The smallest absolute Gasteiger partial charge is 0.307 e. The monoisotopic (exact) mass is 584 g/mol. The molecule has 1 saturated carbocycles. The van der Waals surface area contributed by atoms with E-state index in [1.165, 1.54) is 0 Å². The first-order chi connectivity index (χ1) is 20.3. The molecule has 42 heavy (non-hydrogen) atoms. The van der Waals surface area contributed by atoms with Crippen molar-refractivity contribution >= 4 is 28.3 Å². The van der Waals surface area contributed by atoms with E-state index in [-0.39, 0.29) is 29.6 Å². The van der Waals surface area contributed by atoms with Crippen LogP contribution in [0.5, 0.6) is 5.75 Å². The number of carbonyl (C=O) groups is 2. The normalized spacial score (nSPS) is 22.2. The van der Waals surface area contributed by atoms with Crippen LogP contribution in [0.2, 0.25) is 0 Å². The largest absolute Gasteiger partial charge is 0.488 e. The number of hydrogen-bond donors (Lipinski definition) is 1. The van der Waals surface area contributed by atoms with Crippen molar-refractivity contribution in [3.05, 3.63) is 64.0 Å². The first kappa shape index (κ1) is 28.2. The van der Waals surface area contributed by atoms with Crippen LogP contribution in [0.25, 0.3) is 11.3 Å². The number of aryl methyl sites for hydroxylation is 2. The van der Waals surface area contributed by atoms with Gasteiger partial charge < -0.3 is 19.6 Å². The number of thiazole rings is 1. The molecule has 3 heterocycles. The van der Waals surface area contributed by atoms with Gasteiger partial charge in [-0.25, -0.2) is 4.98 Å². The topological polar surface area (TPSA) is 107 Å². The molecule has 3 aromatic rings. The van der Waals surface area contributed by atoms with Crippen LogP contribution < -0.4 is 9.64 Å². The molecule has 8 nitrogen and oxygen atoms in total. The van der Waals surface area contributed by atoms with Gasteiger partial charge in [-0.3, -0.25) is 9.59 Å². The van der Waals surface area contributed by atoms with Gasteiger partial charge in [-0.2, -0.15) is 5.26 Å². The molecular weight excluding hydrogens is 548 g/mol. The molecule has 3 atom stereocenters. The predicted molar refractivity (Wildman–Crippen MR) is 162 cm³/mol. The Balaban J connectivity index is 1.14. The number of nitrogens with zero attached hydrogens (tertiary/aromatic N) is 4. The highest BCUT2D eigenvalue weighted by atomic mass is 32.1. The summed E-state index contributed by atoms with van der Waals surface area (Å²) in [4.78, 5) is 33.9. The Kier molecular flexibility index (Phi) is 7.91. The van der Waals surface area contributed by atoms with Crippen LogP contribution >= 0.6 is 11.3 Å². The highest BCUT2D eigenvalue weighted by Gasteiger charge is 2.46. The lowest BCUT2D eigenvalue weighted by Gasteiger charge is -2.35. The molecule has 3 aliphatic rings. The SMILES string of the molecule is Cc1ccc(OCc2ccc(C(=O)N3CCC(C#N)CC3)cc2C)c(-c2csc(N3CC4CC[C@H](C3)[C@@H]4C(=O)O)n2)c1. The van der Waals surface area contributed by atoms with E-state index in [1.54, 1.807) is 11.3 Å². The highest BCUT2D eigenvalue weighted by molar-refractivity contribution is 7.14. The number of nitriles is 1. The van der Waals surface area contributed by atoms with Crippen LogP contribution in [0.4, 0.5) is 5.13 Å². The highest BCUT2D eigenvalue weighted by Crippen LogP contribution is 2.44. The number of carbonyl (C=O) groups excluding carboxylic acids is 1. The molecule has 2 saturated heterocycles. The van der Waals surface area contributed by atoms with Crippen LogP contribution in [0, 0.1) is 48.9 Å². The number of carboxylic acids is 1. The number of piperidine rings is 2. The van der Waals surface area contributed by atoms with Crippen molar-refractivity contribution in [2.75, 3.05) is 31.1 Å². The molecule has 1 amide bonds. The summed E-state index contributed by atoms with van der Waals surface area (Å²) >= 11 is 1.60. The third-order valence-electron chi connectivity index (χ3n) is 9.23. The van der Waals surface area contributed by atoms with Gasteiger partial charge >= 0.3 is 5.97 Å². The van der Waals surface area contributed by atoms with E-state index in [9.17, 15) is 14.7 Å². The maximum Gasteiger partial charge on any atom is 0.307 e. The lowest BCUT2D eigenvalue weighted by molar-refractivity contribution is -0.144. The summed E-state index contributed by atoms with van der Waals surface area (Å²) in [5.74, 6) is 0.305. The quantitative estimate of drug-likeness (QED) is 0.367. The number of aromatic nitrogens is 1. The third-order valence-corrected chi connectivity index (χ3v) is 10.1. The van der Waals surface area contributed by atoms with Crippen molar-refractivity contribution in [3.8, 4) is 23.1 Å². The van der Waals surface area contributed by atoms with Crippen molar-refractivity contribution in [3.63, 3.8) is 0 Å². The molecular formula is C33H36N4O4S. The number of ether oxygens (including phenoxy) is 1. The van der Waals surface area contributed by atoms with Gasteiger partial charge in [0.25, 0.3) is 5.91 Å². The molecule has 1 unspecified atom stereocenters. The van der Waals surface area contributed by atoms with E-state index in [1.807, 2.05) is 42.2 Å². The van der Waals surface area contributed by atoms with Gasteiger partial charge in [-0.1, -0.05) is 17.7 Å². The first-order valence-electron chi connectivity index (χ1n) is 14.8. The zero-order chi connectivity index (χ0) is 29.4. The molecule has 6 rings (SSSR count). The summed E-state index contributed by atoms with van der Waals surface area (Å²) in [6, 6.07) is 14.2. The van der Waals surface area contributed by atoms with Gasteiger partial charge in [0.2, 0.25) is 0 Å². The van der Waals surface area contributed by atoms with E-state index < -0.39 is 5.97 Å². The van der Waals surface area contributed by atoms with Crippen LogP contribution in [0.3, 0.4) is 0 Å². The van der Waals surface area contributed by atoms with Crippen LogP contribution in [0.1, 0.15) is 52.7 Å². The lowest BCUT2D eigenvalue weighted by Crippen LogP contribution is -2.44. The molecule has 2 bridgehead atoms. The number of carboxylic acid groups (broad SMARTS) is 1. The fourth-order valence-corrected chi connectivity index (χ4v) is 7.67. The lowest BCUT2D eigenvalue weighted by atomic mass is 9.85. The average Bonchev–Trinajstić information content (AvgIpc) is 3.59. The minimum atomic E-state index is -0.656. The molecule has 1 aromatic heterocycles. The molecule has 1 aliphatic carbocycles. The summed E-state index contributed by atoms with van der Waals surface area (Å²) < 4.78 is 6.35. The zero-order valence-corrected chi connectivity index (χ0v) is 24.9. The zero-order valence-electron chi connectivity index (χ0n) is 24.1. The van der Waals surface area contributed by atoms with Crippen molar-refractivity contribution in [1.82, 2.24) is 9.88 Å². The Morgan fingerprint density at radius 1 is 1.07 bits per heavy atom. The van der Waals surface area contributed by atoms with Gasteiger partial charge in [0.05, 0.1) is 17.7 Å². The molecule has 0 spiro atoms. The number of benzene rings is 2. The van der Waals surface area contributed by atoms with E-state index in [2.05, 4.69) is 29.3 Å². The Bertz CT molecular complexity index is 1520. The van der Waals surface area contributed by atoms with Gasteiger partial charge in [0.15, 0.2) is 5.13 Å². The minimum Gasteiger partial charge on any atom is -0.488 e. The molecule has 2 aromatic carbocycles. The Hall–Kier alpha value is -3.90. The fourth-order valence-electron chi connectivity index (χ4n) is 6.83. The number of likely N-dealkylation sites (tertiary alicyclic amines) is 1. The standard InChI is InChI=1S/C33H36N4O4S/c1-20-3-8-29(41-18-26-7-4-23(14-21(26)2)31(38)36-11-9-22(15-34)10-12-36)27(13-20)28-19-42-33(35-28)37-16-24-5-6-25(17-37)30(24)32(39)40/h3-4,7-8,13-14,19,22,24-25,30H,5-6,9-12,16-18H2,1-2H3,(H,39,40)/t24-,25?,30+/m1/s1.